The third kappa shape index (κ3) is 8.32. The number of hydrogen-bond donors (Lipinski definition) is 2. The Morgan fingerprint density at radius 2 is 1.41 bits per heavy atom. The van der Waals surface area contributed by atoms with Crippen LogP contribution in [0.1, 0.15) is 37.7 Å². The Morgan fingerprint density at radius 3 is 2.00 bits per heavy atom. The van der Waals surface area contributed by atoms with Gasteiger partial charge in [0.05, 0.1) is 5.60 Å². The molecule has 216 valence electrons. The minimum Gasteiger partial charge on any atom is -0.385 e. The normalized spacial score (nSPS) is 16.4. The van der Waals surface area contributed by atoms with Crippen molar-refractivity contribution in [1.82, 2.24) is 5.32 Å². The fourth-order valence-corrected chi connectivity index (χ4v) is 6.04. The minimum atomic E-state index is -0.911. The van der Waals surface area contributed by atoms with E-state index in [0.717, 1.165) is 71.1 Å². The van der Waals surface area contributed by atoms with Crippen molar-refractivity contribution >= 4 is 15.9 Å². The van der Waals surface area contributed by atoms with Crippen LogP contribution in [-0.4, -0.2) is 31.9 Å². The van der Waals surface area contributed by atoms with E-state index in [1.54, 1.807) is 31.4 Å². The lowest BCUT2D eigenvalue weighted by Gasteiger charge is -2.40. The van der Waals surface area contributed by atoms with E-state index in [9.17, 15) is 13.9 Å². The average molecular weight is 623 g/mol. The van der Waals surface area contributed by atoms with Crippen LogP contribution in [0.25, 0.3) is 22.3 Å². The Bertz CT molecular complexity index is 1360. The predicted molar refractivity (Wildman–Crippen MR) is 167 cm³/mol. The van der Waals surface area contributed by atoms with Gasteiger partial charge in [-0.25, -0.2) is 8.78 Å². The maximum atomic E-state index is 13.4. The highest BCUT2D eigenvalue weighted by molar-refractivity contribution is 9.10. The molecule has 4 aromatic carbocycles. The number of aliphatic hydroxyl groups is 1. The maximum absolute atomic E-state index is 13.4. The number of unbranched alkanes of at least 4 members (excludes halogenated alkanes) is 1. The summed E-state index contributed by atoms with van der Waals surface area (Å²) >= 11 is 3.46. The number of piperidine rings is 1. The molecule has 2 atom stereocenters. The fourth-order valence-electron chi connectivity index (χ4n) is 5.53. The quantitative estimate of drug-likeness (QED) is 0.184. The van der Waals surface area contributed by atoms with Crippen LogP contribution in [0.3, 0.4) is 0 Å². The van der Waals surface area contributed by atoms with E-state index < -0.39 is 5.60 Å². The highest BCUT2D eigenvalue weighted by Crippen LogP contribution is 2.42. The smallest absolute Gasteiger partial charge is 0.123 e. The summed E-state index contributed by atoms with van der Waals surface area (Å²) in [6.07, 6.45) is 4.60. The Balaban J connectivity index is 0.000000231. The molecule has 4 aromatic rings. The lowest BCUT2D eigenvalue weighted by molar-refractivity contribution is -0.0429. The third-order valence-corrected chi connectivity index (χ3v) is 8.40. The molecule has 5 rings (SSSR count). The van der Waals surface area contributed by atoms with Gasteiger partial charge < -0.3 is 15.2 Å². The van der Waals surface area contributed by atoms with Crippen LogP contribution < -0.4 is 5.32 Å². The summed E-state index contributed by atoms with van der Waals surface area (Å²) in [5.41, 5.74) is 4.05. The average Bonchev–Trinajstić information content (AvgIpc) is 3.01. The molecule has 1 unspecified atom stereocenters. The lowest BCUT2D eigenvalue weighted by Crippen LogP contribution is -2.44. The van der Waals surface area contributed by atoms with Crippen LogP contribution in [0.15, 0.2) is 102 Å². The summed E-state index contributed by atoms with van der Waals surface area (Å²) in [5.74, 6) is -0.293. The van der Waals surface area contributed by atoms with E-state index in [4.69, 9.17) is 4.74 Å². The van der Waals surface area contributed by atoms with E-state index in [1.165, 1.54) is 24.3 Å². The number of benzene rings is 4. The van der Waals surface area contributed by atoms with Crippen LogP contribution in [-0.2, 0) is 10.3 Å². The summed E-state index contributed by atoms with van der Waals surface area (Å²) in [4.78, 5) is 0. The molecule has 0 aromatic heterocycles. The molecule has 3 nitrogen and oxygen atoms in total. The van der Waals surface area contributed by atoms with Gasteiger partial charge in [-0.2, -0.15) is 0 Å². The summed E-state index contributed by atoms with van der Waals surface area (Å²) in [7, 11) is 1.71. The monoisotopic (exact) mass is 621 g/mol. The van der Waals surface area contributed by atoms with E-state index in [2.05, 4.69) is 21.2 Å². The van der Waals surface area contributed by atoms with Gasteiger partial charge >= 0.3 is 0 Å². The number of hydrogen-bond acceptors (Lipinski definition) is 3. The topological polar surface area (TPSA) is 41.5 Å². The summed E-state index contributed by atoms with van der Waals surface area (Å²) < 4.78 is 32.3. The molecule has 1 aliphatic rings. The first kappa shape index (κ1) is 31.0. The summed E-state index contributed by atoms with van der Waals surface area (Å²) in [5, 5.41) is 15.4. The predicted octanol–water partition coefficient (Wildman–Crippen LogP) is 8.75. The zero-order valence-electron chi connectivity index (χ0n) is 23.5. The van der Waals surface area contributed by atoms with Crippen molar-refractivity contribution in [2.45, 2.75) is 37.7 Å². The molecule has 6 heteroatoms. The van der Waals surface area contributed by atoms with Gasteiger partial charge in [0, 0.05) is 30.7 Å². The minimum absolute atomic E-state index is 0.162. The molecular formula is C35H38BrF2NO2. The van der Waals surface area contributed by atoms with E-state index in [0.29, 0.717) is 13.0 Å². The molecule has 0 bridgehead atoms. The SMILES string of the molecule is COCCCC[C@@](O)(c1ccccc1-c1ccc(F)cc1)C1CCCNC1.Fc1ccc(-c2ccccc2Br)cc1. The molecule has 0 radical (unpaired) electrons. The number of rotatable bonds is 9. The maximum Gasteiger partial charge on any atom is 0.123 e. The molecule has 0 amide bonds. The van der Waals surface area contributed by atoms with Crippen LogP contribution in [0, 0.1) is 17.6 Å². The van der Waals surface area contributed by atoms with Gasteiger partial charge in [0.2, 0.25) is 0 Å². The van der Waals surface area contributed by atoms with Gasteiger partial charge in [-0.3, -0.25) is 0 Å². The standard InChI is InChI=1S/C23H30FNO2.C12H8BrF/c1-27-16-5-4-14-23(26,19-7-6-15-25-17-19)22-9-3-2-8-21(22)18-10-12-20(24)13-11-18;13-12-4-2-1-3-11(12)9-5-7-10(14)8-6-9/h2-3,8-13,19,25-26H,4-7,14-17H2,1H3;1-8H/t19?,23-;/m0./s1. The Kier molecular flexibility index (Phi) is 11.6. The summed E-state index contributed by atoms with van der Waals surface area (Å²) in [6.45, 7) is 2.53. The van der Waals surface area contributed by atoms with E-state index in [1.807, 2.05) is 48.5 Å². The van der Waals surface area contributed by atoms with Crippen LogP contribution >= 0.6 is 15.9 Å². The second kappa shape index (κ2) is 15.4. The van der Waals surface area contributed by atoms with Crippen molar-refractivity contribution in [2.24, 2.45) is 5.92 Å². The second-order valence-corrected chi connectivity index (χ2v) is 11.3. The molecule has 1 fully saturated rings. The highest BCUT2D eigenvalue weighted by atomic mass is 79.9. The largest absolute Gasteiger partial charge is 0.385 e. The lowest BCUT2D eigenvalue weighted by atomic mass is 9.72. The van der Waals surface area contributed by atoms with Crippen LogP contribution in [0.4, 0.5) is 8.78 Å². The molecule has 1 saturated heterocycles. The van der Waals surface area contributed by atoms with Gasteiger partial charge in [-0.05, 0) is 96.8 Å². The van der Waals surface area contributed by atoms with Crippen LogP contribution in [0.5, 0.6) is 0 Å². The number of ether oxygens (including phenoxy) is 1. The molecule has 41 heavy (non-hydrogen) atoms. The molecule has 0 saturated carbocycles. The molecule has 1 aliphatic heterocycles. The summed E-state index contributed by atoms with van der Waals surface area (Å²) in [6, 6.07) is 28.9. The van der Waals surface area contributed by atoms with Gasteiger partial charge in [0.15, 0.2) is 0 Å². The fraction of sp³-hybridized carbons (Fsp3) is 0.314. The molecule has 1 heterocycles. The number of nitrogens with one attached hydrogen (secondary N) is 1. The molecular weight excluding hydrogens is 584 g/mol. The Labute approximate surface area is 250 Å². The first-order chi connectivity index (χ1) is 19.9. The van der Waals surface area contributed by atoms with Crippen LogP contribution in [0.2, 0.25) is 0 Å². The van der Waals surface area contributed by atoms with E-state index in [-0.39, 0.29) is 17.6 Å². The first-order valence-electron chi connectivity index (χ1n) is 14.2. The number of methoxy groups -OCH3 is 1. The first-order valence-corrected chi connectivity index (χ1v) is 15.0. The zero-order valence-corrected chi connectivity index (χ0v) is 25.0. The van der Waals surface area contributed by atoms with Gasteiger partial charge in [-0.1, -0.05) is 82.7 Å². The van der Waals surface area contributed by atoms with Gasteiger partial charge in [0.25, 0.3) is 0 Å². The third-order valence-electron chi connectivity index (χ3n) is 7.71. The van der Waals surface area contributed by atoms with Crippen molar-refractivity contribution in [2.75, 3.05) is 26.8 Å². The van der Waals surface area contributed by atoms with Gasteiger partial charge in [0.1, 0.15) is 11.6 Å². The zero-order chi connectivity index (χ0) is 29.1. The molecule has 2 N–H and O–H groups in total. The van der Waals surface area contributed by atoms with Crippen molar-refractivity contribution in [3.63, 3.8) is 0 Å². The van der Waals surface area contributed by atoms with E-state index >= 15 is 0 Å². The number of halogens is 3. The van der Waals surface area contributed by atoms with Crippen molar-refractivity contribution in [3.05, 3.63) is 119 Å². The van der Waals surface area contributed by atoms with Crippen molar-refractivity contribution < 1.29 is 18.6 Å². The Hall–Kier alpha value is -2.90. The molecule has 0 spiro atoms. The second-order valence-electron chi connectivity index (χ2n) is 10.5. The molecule has 0 aliphatic carbocycles. The van der Waals surface area contributed by atoms with Crippen molar-refractivity contribution in [3.8, 4) is 22.3 Å². The van der Waals surface area contributed by atoms with Crippen molar-refractivity contribution in [1.29, 1.82) is 0 Å². The highest BCUT2D eigenvalue weighted by Gasteiger charge is 2.40. The Morgan fingerprint density at radius 1 is 0.829 bits per heavy atom. The van der Waals surface area contributed by atoms with Gasteiger partial charge in [-0.15, -0.1) is 0 Å².